The molecule has 0 bridgehead atoms. The number of hydrogen-bond donors (Lipinski definition) is 0. The van der Waals surface area contributed by atoms with Crippen molar-refractivity contribution < 1.29 is 25.8 Å². The molecular formula is C15H18F3NO3S. The van der Waals surface area contributed by atoms with Crippen LogP contribution in [-0.4, -0.2) is 32.4 Å². The van der Waals surface area contributed by atoms with E-state index in [1.165, 1.54) is 6.08 Å². The van der Waals surface area contributed by atoms with Crippen LogP contribution in [0.25, 0.3) is 6.08 Å². The van der Waals surface area contributed by atoms with E-state index < -0.39 is 15.6 Å². The molecule has 0 fully saturated rings. The van der Waals surface area contributed by atoms with Gasteiger partial charge in [0.15, 0.2) is 5.75 Å². The van der Waals surface area contributed by atoms with E-state index in [4.69, 9.17) is 0 Å². The van der Waals surface area contributed by atoms with Gasteiger partial charge in [-0.3, -0.25) is 0 Å². The summed E-state index contributed by atoms with van der Waals surface area (Å²) in [6.45, 7) is 8.29. The summed E-state index contributed by atoms with van der Waals surface area (Å²) < 4.78 is 65.1. The first-order chi connectivity index (χ1) is 10.5. The smallest absolute Gasteiger partial charge is 0.375 e. The number of fused-ring (bicyclic) bond motifs is 1. The zero-order valence-electron chi connectivity index (χ0n) is 13.1. The molecular weight excluding hydrogens is 331 g/mol. The van der Waals surface area contributed by atoms with Crippen LogP contribution >= 0.6 is 0 Å². The summed E-state index contributed by atoms with van der Waals surface area (Å²) >= 11 is 0. The molecule has 0 N–H and O–H groups in total. The molecule has 0 amide bonds. The standard InChI is InChI=1S/C15H18F3NO3S/c1-5-11-9(2)13-8-19(4)7-6-12(13)10(3)14(11)22-23(20,21)15(16,17)18/h5H,1,6-8H2,2-4H3. The van der Waals surface area contributed by atoms with Crippen molar-refractivity contribution >= 4 is 16.2 Å². The van der Waals surface area contributed by atoms with E-state index >= 15 is 0 Å². The van der Waals surface area contributed by atoms with Crippen LogP contribution in [0.4, 0.5) is 13.2 Å². The van der Waals surface area contributed by atoms with Gasteiger partial charge in [0.05, 0.1) is 0 Å². The van der Waals surface area contributed by atoms with Gasteiger partial charge in [-0.2, -0.15) is 21.6 Å². The van der Waals surface area contributed by atoms with E-state index in [1.807, 2.05) is 7.05 Å². The molecule has 0 radical (unpaired) electrons. The minimum absolute atomic E-state index is 0.280. The number of benzene rings is 1. The summed E-state index contributed by atoms with van der Waals surface area (Å²) in [4.78, 5) is 2.09. The second kappa shape index (κ2) is 5.83. The Hall–Kier alpha value is -1.54. The van der Waals surface area contributed by atoms with Gasteiger partial charge in [0, 0.05) is 18.7 Å². The third kappa shape index (κ3) is 3.10. The van der Waals surface area contributed by atoms with Crippen LogP contribution < -0.4 is 4.18 Å². The van der Waals surface area contributed by atoms with Gasteiger partial charge in [-0.15, -0.1) is 0 Å². The summed E-state index contributed by atoms with van der Waals surface area (Å²) in [5.74, 6) is -0.280. The van der Waals surface area contributed by atoms with Gasteiger partial charge in [-0.05, 0) is 49.6 Å². The van der Waals surface area contributed by atoms with Crippen molar-refractivity contribution in [1.29, 1.82) is 0 Å². The molecule has 1 aliphatic heterocycles. The Morgan fingerprint density at radius 2 is 1.83 bits per heavy atom. The number of rotatable bonds is 3. The lowest BCUT2D eigenvalue weighted by Crippen LogP contribution is -2.30. The highest BCUT2D eigenvalue weighted by Gasteiger charge is 2.49. The lowest BCUT2D eigenvalue weighted by Gasteiger charge is -2.30. The maximum atomic E-state index is 12.6. The maximum Gasteiger partial charge on any atom is 0.534 e. The molecule has 0 saturated heterocycles. The van der Waals surface area contributed by atoms with E-state index in [2.05, 4.69) is 15.7 Å². The molecule has 0 atom stereocenters. The van der Waals surface area contributed by atoms with Crippen LogP contribution in [-0.2, 0) is 23.1 Å². The molecule has 2 rings (SSSR count). The summed E-state index contributed by atoms with van der Waals surface area (Å²) in [5, 5.41) is 0. The number of likely N-dealkylation sites (N-methyl/N-ethyl adjacent to an activating group) is 1. The van der Waals surface area contributed by atoms with E-state index in [-0.39, 0.29) is 11.3 Å². The fourth-order valence-corrected chi connectivity index (χ4v) is 3.37. The van der Waals surface area contributed by atoms with E-state index in [9.17, 15) is 21.6 Å². The Morgan fingerprint density at radius 1 is 1.22 bits per heavy atom. The van der Waals surface area contributed by atoms with Gasteiger partial charge in [0.2, 0.25) is 0 Å². The normalized spacial score (nSPS) is 16.1. The Balaban J connectivity index is 2.66. The molecule has 128 valence electrons. The number of nitrogens with zero attached hydrogens (tertiary/aromatic N) is 1. The minimum Gasteiger partial charge on any atom is -0.375 e. The van der Waals surface area contributed by atoms with Crippen LogP contribution in [0.5, 0.6) is 5.75 Å². The minimum atomic E-state index is -5.72. The number of hydrogen-bond acceptors (Lipinski definition) is 4. The molecule has 23 heavy (non-hydrogen) atoms. The predicted octanol–water partition coefficient (Wildman–Crippen LogP) is 3.16. The zero-order chi connectivity index (χ0) is 17.6. The summed E-state index contributed by atoms with van der Waals surface area (Å²) in [7, 11) is -3.77. The highest BCUT2D eigenvalue weighted by molar-refractivity contribution is 7.88. The van der Waals surface area contributed by atoms with Gasteiger partial charge in [0.25, 0.3) is 0 Å². The third-order valence-corrected chi connectivity index (χ3v) is 5.06. The van der Waals surface area contributed by atoms with Crippen molar-refractivity contribution in [2.75, 3.05) is 13.6 Å². The molecule has 0 aromatic heterocycles. The number of alkyl halides is 3. The largest absolute Gasteiger partial charge is 0.534 e. The zero-order valence-corrected chi connectivity index (χ0v) is 13.9. The van der Waals surface area contributed by atoms with Crippen LogP contribution in [0.1, 0.15) is 27.8 Å². The van der Waals surface area contributed by atoms with Gasteiger partial charge in [-0.1, -0.05) is 12.7 Å². The van der Waals surface area contributed by atoms with Crippen molar-refractivity contribution in [2.45, 2.75) is 32.3 Å². The lowest BCUT2D eigenvalue weighted by atomic mass is 9.87. The van der Waals surface area contributed by atoms with Gasteiger partial charge in [-0.25, -0.2) is 0 Å². The molecule has 8 heteroatoms. The van der Waals surface area contributed by atoms with Crippen molar-refractivity contribution in [3.8, 4) is 5.75 Å². The Labute approximate surface area is 133 Å². The second-order valence-electron chi connectivity index (χ2n) is 5.63. The van der Waals surface area contributed by atoms with Crippen molar-refractivity contribution in [3.63, 3.8) is 0 Å². The first-order valence-corrected chi connectivity index (χ1v) is 8.37. The average molecular weight is 349 g/mol. The Bertz CT molecular complexity index is 754. The Kier molecular flexibility index (Phi) is 4.51. The van der Waals surface area contributed by atoms with Crippen LogP contribution in [0.15, 0.2) is 6.58 Å². The fourth-order valence-electron chi connectivity index (χ4n) is 2.84. The molecule has 0 aliphatic carbocycles. The molecule has 1 aromatic rings. The maximum absolute atomic E-state index is 12.6. The third-order valence-electron chi connectivity index (χ3n) is 4.11. The molecule has 1 heterocycles. The molecule has 0 unspecified atom stereocenters. The van der Waals surface area contributed by atoms with Crippen molar-refractivity contribution in [2.24, 2.45) is 0 Å². The van der Waals surface area contributed by atoms with Gasteiger partial charge in [0.1, 0.15) is 0 Å². The highest BCUT2D eigenvalue weighted by atomic mass is 32.2. The summed E-state index contributed by atoms with van der Waals surface area (Å²) in [6.07, 6.45) is 1.96. The van der Waals surface area contributed by atoms with Crippen LogP contribution in [0, 0.1) is 13.8 Å². The lowest BCUT2D eigenvalue weighted by molar-refractivity contribution is -0.0500. The molecule has 1 aromatic carbocycles. The average Bonchev–Trinajstić information content (AvgIpc) is 2.43. The van der Waals surface area contributed by atoms with Gasteiger partial charge >= 0.3 is 15.6 Å². The Morgan fingerprint density at radius 3 is 2.35 bits per heavy atom. The molecule has 4 nitrogen and oxygen atoms in total. The predicted molar refractivity (Wildman–Crippen MR) is 81.6 cm³/mol. The SMILES string of the molecule is C=Cc1c(C)c2c(c(C)c1OS(=O)(=O)C(F)(F)F)CCN(C)C2. The first kappa shape index (κ1) is 17.8. The van der Waals surface area contributed by atoms with Crippen molar-refractivity contribution in [3.05, 3.63) is 34.4 Å². The molecule has 0 saturated carbocycles. The quantitative estimate of drug-likeness (QED) is 0.621. The molecule has 1 aliphatic rings. The fraction of sp³-hybridized carbons (Fsp3) is 0.467. The topological polar surface area (TPSA) is 46.6 Å². The first-order valence-electron chi connectivity index (χ1n) is 6.96. The summed E-state index contributed by atoms with van der Waals surface area (Å²) in [5.41, 5.74) is -2.24. The number of halogens is 3. The summed E-state index contributed by atoms with van der Waals surface area (Å²) in [6, 6.07) is 0. The van der Waals surface area contributed by atoms with Crippen LogP contribution in [0.2, 0.25) is 0 Å². The monoisotopic (exact) mass is 349 g/mol. The highest BCUT2D eigenvalue weighted by Crippen LogP contribution is 2.39. The van der Waals surface area contributed by atoms with Crippen LogP contribution in [0.3, 0.4) is 0 Å². The van der Waals surface area contributed by atoms with E-state index in [0.717, 1.165) is 17.7 Å². The second-order valence-corrected chi connectivity index (χ2v) is 7.16. The van der Waals surface area contributed by atoms with E-state index in [1.54, 1.807) is 13.8 Å². The van der Waals surface area contributed by atoms with Crippen molar-refractivity contribution in [1.82, 2.24) is 4.90 Å². The van der Waals surface area contributed by atoms with Gasteiger partial charge < -0.3 is 9.08 Å². The molecule has 0 spiro atoms. The van der Waals surface area contributed by atoms with E-state index in [0.29, 0.717) is 24.1 Å².